The molecule has 1 aromatic heterocycles. The van der Waals surface area contributed by atoms with Gasteiger partial charge in [-0.05, 0) is 36.7 Å². The molecule has 1 unspecified atom stereocenters. The number of hydrogen-bond donors (Lipinski definition) is 2. The number of nitrogens with zero attached hydrogens (tertiary/aromatic N) is 2. The fourth-order valence-corrected chi connectivity index (χ4v) is 2.38. The molecule has 0 saturated heterocycles. The molecule has 6 heteroatoms. The lowest BCUT2D eigenvalue weighted by molar-refractivity contribution is 0.175. The van der Waals surface area contributed by atoms with Crippen LogP contribution in [0.3, 0.4) is 0 Å². The predicted molar refractivity (Wildman–Crippen MR) is 81.2 cm³/mol. The first-order valence-electron chi connectivity index (χ1n) is 6.37. The quantitative estimate of drug-likeness (QED) is 0.806. The largest absolute Gasteiger partial charge is 0.387 e. The summed E-state index contributed by atoms with van der Waals surface area (Å²) in [7, 11) is 1.89. The molecule has 0 aliphatic heterocycles. The summed E-state index contributed by atoms with van der Waals surface area (Å²) < 4.78 is 1.77. The van der Waals surface area contributed by atoms with Gasteiger partial charge in [0, 0.05) is 35.4 Å². The number of aromatic nitrogens is 2. The number of hydrogen-bond acceptors (Lipinski definition) is 3. The maximum atomic E-state index is 10.1. The van der Waals surface area contributed by atoms with E-state index in [9.17, 15) is 5.11 Å². The van der Waals surface area contributed by atoms with Crippen molar-refractivity contribution in [3.63, 3.8) is 0 Å². The second-order valence-electron chi connectivity index (χ2n) is 4.66. The van der Waals surface area contributed by atoms with E-state index in [1.165, 1.54) is 0 Å². The van der Waals surface area contributed by atoms with Gasteiger partial charge in [0.1, 0.15) is 0 Å². The molecule has 0 saturated carbocycles. The lowest BCUT2D eigenvalue weighted by Gasteiger charge is -2.14. The summed E-state index contributed by atoms with van der Waals surface area (Å²) in [5.41, 5.74) is 1.81. The first-order chi connectivity index (χ1) is 9.56. The molecule has 2 N–H and O–H groups in total. The summed E-state index contributed by atoms with van der Waals surface area (Å²) in [5, 5.41) is 18.5. The zero-order valence-corrected chi connectivity index (χ0v) is 12.7. The van der Waals surface area contributed by atoms with Crippen LogP contribution in [0.5, 0.6) is 0 Å². The van der Waals surface area contributed by atoms with Gasteiger partial charge in [-0.25, -0.2) is 0 Å². The van der Waals surface area contributed by atoms with Crippen LogP contribution in [0.25, 0.3) is 0 Å². The summed E-state index contributed by atoms with van der Waals surface area (Å²) in [6, 6.07) is 5.09. The van der Waals surface area contributed by atoms with Crippen molar-refractivity contribution in [2.45, 2.75) is 12.5 Å². The molecule has 0 fully saturated rings. The minimum atomic E-state index is -0.671. The Bertz CT molecular complexity index is 571. The second kappa shape index (κ2) is 7.09. The third-order valence-corrected chi connectivity index (χ3v) is 3.58. The second-order valence-corrected chi connectivity index (χ2v) is 5.50. The van der Waals surface area contributed by atoms with Crippen LogP contribution in [0.4, 0.5) is 0 Å². The zero-order valence-electron chi connectivity index (χ0n) is 11.2. The fourth-order valence-electron chi connectivity index (χ4n) is 1.95. The van der Waals surface area contributed by atoms with Gasteiger partial charge >= 0.3 is 0 Å². The van der Waals surface area contributed by atoms with Crippen LogP contribution in [0.15, 0.2) is 30.6 Å². The van der Waals surface area contributed by atoms with Crippen molar-refractivity contribution in [2.24, 2.45) is 7.05 Å². The molecule has 0 spiro atoms. The van der Waals surface area contributed by atoms with E-state index in [0.717, 1.165) is 18.5 Å². The third kappa shape index (κ3) is 4.21. The van der Waals surface area contributed by atoms with Gasteiger partial charge in [0.15, 0.2) is 0 Å². The standard InChI is InChI=1S/C14H17Cl2N3O/c1-19-9-10(7-18-19)4-5-17-8-14(20)12-6-11(15)2-3-13(12)16/h2-3,6-7,9,14,17,20H,4-5,8H2,1H3. The number of aliphatic hydroxyl groups is 1. The van der Waals surface area contributed by atoms with Crippen molar-refractivity contribution >= 4 is 23.2 Å². The van der Waals surface area contributed by atoms with Gasteiger partial charge in [0.2, 0.25) is 0 Å². The average Bonchev–Trinajstić information content (AvgIpc) is 2.83. The Morgan fingerprint density at radius 1 is 1.40 bits per heavy atom. The van der Waals surface area contributed by atoms with Crippen LogP contribution in [-0.2, 0) is 13.5 Å². The van der Waals surface area contributed by atoms with Crippen LogP contribution in [0.2, 0.25) is 10.0 Å². The summed E-state index contributed by atoms with van der Waals surface area (Å²) in [5.74, 6) is 0. The van der Waals surface area contributed by atoms with E-state index in [4.69, 9.17) is 23.2 Å². The van der Waals surface area contributed by atoms with Crippen molar-refractivity contribution in [1.82, 2.24) is 15.1 Å². The minimum absolute atomic E-state index is 0.431. The average molecular weight is 314 g/mol. The third-order valence-electron chi connectivity index (χ3n) is 3.00. The molecule has 20 heavy (non-hydrogen) atoms. The Morgan fingerprint density at radius 2 is 2.20 bits per heavy atom. The summed E-state index contributed by atoms with van der Waals surface area (Å²) in [6.07, 6.45) is 4.01. The number of rotatable bonds is 6. The van der Waals surface area contributed by atoms with Crippen molar-refractivity contribution in [3.05, 3.63) is 51.8 Å². The van der Waals surface area contributed by atoms with E-state index >= 15 is 0 Å². The number of aryl methyl sites for hydroxylation is 1. The maximum Gasteiger partial charge on any atom is 0.0929 e. The molecule has 0 aliphatic carbocycles. The van der Waals surface area contributed by atoms with Crippen molar-refractivity contribution < 1.29 is 5.11 Å². The lowest BCUT2D eigenvalue weighted by atomic mass is 10.1. The Morgan fingerprint density at radius 3 is 2.90 bits per heavy atom. The van der Waals surface area contributed by atoms with E-state index in [-0.39, 0.29) is 0 Å². The molecule has 0 radical (unpaired) electrons. The Balaban J connectivity index is 1.80. The highest BCUT2D eigenvalue weighted by Crippen LogP contribution is 2.25. The number of aliphatic hydroxyl groups excluding tert-OH is 1. The van der Waals surface area contributed by atoms with E-state index in [2.05, 4.69) is 10.4 Å². The fraction of sp³-hybridized carbons (Fsp3) is 0.357. The highest BCUT2D eigenvalue weighted by molar-refractivity contribution is 6.33. The number of halogens is 2. The Kier molecular flexibility index (Phi) is 5.43. The van der Waals surface area contributed by atoms with Crippen molar-refractivity contribution in [1.29, 1.82) is 0 Å². The van der Waals surface area contributed by atoms with Gasteiger partial charge in [-0.1, -0.05) is 23.2 Å². The Labute approximate surface area is 128 Å². The van der Waals surface area contributed by atoms with Gasteiger partial charge in [-0.3, -0.25) is 4.68 Å². The molecule has 0 aliphatic rings. The maximum absolute atomic E-state index is 10.1. The highest BCUT2D eigenvalue weighted by Gasteiger charge is 2.11. The van der Waals surface area contributed by atoms with Crippen LogP contribution in [-0.4, -0.2) is 28.0 Å². The van der Waals surface area contributed by atoms with Gasteiger partial charge < -0.3 is 10.4 Å². The SMILES string of the molecule is Cn1cc(CCNCC(O)c2cc(Cl)ccc2Cl)cn1. The van der Waals surface area contributed by atoms with Crippen molar-refractivity contribution in [2.75, 3.05) is 13.1 Å². The molecular weight excluding hydrogens is 297 g/mol. The van der Waals surface area contributed by atoms with Crippen LogP contribution in [0, 0.1) is 0 Å². The molecule has 0 amide bonds. The number of benzene rings is 1. The molecule has 1 heterocycles. The van der Waals surface area contributed by atoms with Gasteiger partial charge in [0.05, 0.1) is 12.3 Å². The molecule has 4 nitrogen and oxygen atoms in total. The summed E-state index contributed by atoms with van der Waals surface area (Å²) in [6.45, 7) is 1.20. The van der Waals surface area contributed by atoms with Crippen LogP contribution < -0.4 is 5.32 Å². The minimum Gasteiger partial charge on any atom is -0.387 e. The summed E-state index contributed by atoms with van der Waals surface area (Å²) in [4.78, 5) is 0. The topological polar surface area (TPSA) is 50.1 Å². The predicted octanol–water partition coefficient (Wildman–Crippen LogP) is 2.59. The van der Waals surface area contributed by atoms with E-state index < -0.39 is 6.10 Å². The summed E-state index contributed by atoms with van der Waals surface area (Å²) >= 11 is 12.0. The molecule has 2 aromatic rings. The lowest BCUT2D eigenvalue weighted by Crippen LogP contribution is -2.23. The van der Waals surface area contributed by atoms with Gasteiger partial charge in [0.25, 0.3) is 0 Å². The first-order valence-corrected chi connectivity index (χ1v) is 7.13. The highest BCUT2D eigenvalue weighted by atomic mass is 35.5. The molecule has 0 bridgehead atoms. The molecule has 2 rings (SSSR count). The van der Waals surface area contributed by atoms with E-state index in [0.29, 0.717) is 22.2 Å². The zero-order chi connectivity index (χ0) is 14.5. The molecule has 1 atom stereocenters. The molecule has 1 aromatic carbocycles. The first kappa shape index (κ1) is 15.3. The smallest absolute Gasteiger partial charge is 0.0929 e. The molecule has 108 valence electrons. The van der Waals surface area contributed by atoms with Crippen LogP contribution in [0.1, 0.15) is 17.2 Å². The van der Waals surface area contributed by atoms with Crippen LogP contribution >= 0.6 is 23.2 Å². The Hall–Kier alpha value is -1.07. The number of nitrogens with one attached hydrogen (secondary N) is 1. The van der Waals surface area contributed by atoms with E-state index in [1.807, 2.05) is 19.4 Å². The monoisotopic (exact) mass is 313 g/mol. The van der Waals surface area contributed by atoms with Crippen molar-refractivity contribution in [3.8, 4) is 0 Å². The van der Waals surface area contributed by atoms with E-state index in [1.54, 1.807) is 22.9 Å². The van der Waals surface area contributed by atoms with Gasteiger partial charge in [-0.15, -0.1) is 0 Å². The normalized spacial score (nSPS) is 12.6. The van der Waals surface area contributed by atoms with Gasteiger partial charge in [-0.2, -0.15) is 5.10 Å². The molecular formula is C14H17Cl2N3O.